The number of ether oxygens (including phenoxy) is 1. The molecule has 1 aliphatic heterocycles. The summed E-state index contributed by atoms with van der Waals surface area (Å²) in [6.45, 7) is 5.00. The van der Waals surface area contributed by atoms with Crippen LogP contribution in [0.2, 0.25) is 0 Å². The normalized spacial score (nSPS) is 21.9. The highest BCUT2D eigenvalue weighted by molar-refractivity contribution is 9.10. The summed E-state index contributed by atoms with van der Waals surface area (Å²) in [5, 5.41) is 6.23. The van der Waals surface area contributed by atoms with Crippen molar-refractivity contribution in [1.82, 2.24) is 9.97 Å². The molecular formula is C12H19BrN4O. The second-order valence-corrected chi connectivity index (χ2v) is 5.91. The fourth-order valence-electron chi connectivity index (χ4n) is 2.05. The molecule has 0 aliphatic carbocycles. The minimum atomic E-state index is 0.00303. The molecule has 1 unspecified atom stereocenters. The van der Waals surface area contributed by atoms with Crippen molar-refractivity contribution < 1.29 is 4.74 Å². The summed E-state index contributed by atoms with van der Waals surface area (Å²) in [7, 11) is 1.83. The predicted molar refractivity (Wildman–Crippen MR) is 76.0 cm³/mol. The van der Waals surface area contributed by atoms with Crippen LogP contribution < -0.4 is 10.6 Å². The highest BCUT2D eigenvalue weighted by Crippen LogP contribution is 2.29. The second kappa shape index (κ2) is 5.40. The maximum Gasteiger partial charge on any atom is 0.224 e. The van der Waals surface area contributed by atoms with Crippen molar-refractivity contribution in [3.63, 3.8) is 0 Å². The van der Waals surface area contributed by atoms with E-state index in [0.717, 1.165) is 29.7 Å². The van der Waals surface area contributed by atoms with Gasteiger partial charge < -0.3 is 15.4 Å². The van der Waals surface area contributed by atoms with E-state index >= 15 is 0 Å². The van der Waals surface area contributed by atoms with Gasteiger partial charge in [0.1, 0.15) is 5.82 Å². The van der Waals surface area contributed by atoms with Crippen molar-refractivity contribution >= 4 is 27.7 Å². The first-order valence-corrected chi connectivity index (χ1v) is 6.91. The summed E-state index contributed by atoms with van der Waals surface area (Å²) in [5.41, 5.74) is 0.00303. The molecule has 0 spiro atoms. The minimum Gasteiger partial charge on any atom is -0.372 e. The van der Waals surface area contributed by atoms with Gasteiger partial charge in [-0.05, 0) is 42.6 Å². The van der Waals surface area contributed by atoms with Gasteiger partial charge in [0, 0.05) is 19.8 Å². The number of nitrogens with zero attached hydrogens (tertiary/aromatic N) is 2. The molecule has 1 saturated heterocycles. The molecule has 6 heteroatoms. The molecule has 1 fully saturated rings. The SMILES string of the molecule is CNc1nc(NCC2CCC(C)(C)O2)ncc1Br. The Bertz CT molecular complexity index is 425. The van der Waals surface area contributed by atoms with Gasteiger partial charge in [-0.25, -0.2) is 4.98 Å². The molecule has 0 amide bonds. The molecule has 1 aromatic heterocycles. The van der Waals surface area contributed by atoms with Gasteiger partial charge in [-0.1, -0.05) is 0 Å². The lowest BCUT2D eigenvalue weighted by molar-refractivity contribution is -0.00916. The fourth-order valence-corrected chi connectivity index (χ4v) is 2.44. The molecule has 0 bridgehead atoms. The quantitative estimate of drug-likeness (QED) is 0.894. The first kappa shape index (κ1) is 13.5. The first-order chi connectivity index (χ1) is 8.50. The Morgan fingerprint density at radius 3 is 2.94 bits per heavy atom. The zero-order valence-corrected chi connectivity index (χ0v) is 12.5. The summed E-state index contributed by atoms with van der Waals surface area (Å²) in [4.78, 5) is 8.57. The molecule has 18 heavy (non-hydrogen) atoms. The number of hydrogen-bond donors (Lipinski definition) is 2. The van der Waals surface area contributed by atoms with Gasteiger partial charge in [0.2, 0.25) is 5.95 Å². The number of aromatic nitrogens is 2. The summed E-state index contributed by atoms with van der Waals surface area (Å²) in [5.74, 6) is 1.40. The van der Waals surface area contributed by atoms with Crippen LogP contribution in [0.3, 0.4) is 0 Å². The van der Waals surface area contributed by atoms with E-state index in [1.54, 1.807) is 6.20 Å². The monoisotopic (exact) mass is 314 g/mol. The third-order valence-corrected chi connectivity index (χ3v) is 3.60. The lowest BCUT2D eigenvalue weighted by Crippen LogP contribution is -2.25. The predicted octanol–water partition coefficient (Wildman–Crippen LogP) is 2.65. The highest BCUT2D eigenvalue weighted by atomic mass is 79.9. The van der Waals surface area contributed by atoms with Crippen LogP contribution in [0.25, 0.3) is 0 Å². The zero-order valence-electron chi connectivity index (χ0n) is 11.0. The van der Waals surface area contributed by atoms with E-state index in [9.17, 15) is 0 Å². The van der Waals surface area contributed by atoms with E-state index in [0.29, 0.717) is 5.95 Å². The maximum atomic E-state index is 5.91. The largest absolute Gasteiger partial charge is 0.372 e. The number of rotatable bonds is 4. The Hall–Kier alpha value is -0.880. The molecule has 2 heterocycles. The number of hydrogen-bond acceptors (Lipinski definition) is 5. The Morgan fingerprint density at radius 1 is 1.56 bits per heavy atom. The minimum absolute atomic E-state index is 0.00303. The molecule has 1 atom stereocenters. The molecule has 5 nitrogen and oxygen atoms in total. The van der Waals surface area contributed by atoms with E-state index in [2.05, 4.69) is 50.4 Å². The molecule has 2 N–H and O–H groups in total. The van der Waals surface area contributed by atoms with Crippen LogP contribution in [-0.2, 0) is 4.74 Å². The third-order valence-electron chi connectivity index (χ3n) is 3.02. The van der Waals surface area contributed by atoms with Gasteiger partial charge in [0.05, 0.1) is 16.2 Å². The molecule has 1 aromatic rings. The van der Waals surface area contributed by atoms with Crippen LogP contribution >= 0.6 is 15.9 Å². The van der Waals surface area contributed by atoms with Crippen LogP contribution in [0.1, 0.15) is 26.7 Å². The topological polar surface area (TPSA) is 59.1 Å². The average Bonchev–Trinajstić information content (AvgIpc) is 2.68. The van der Waals surface area contributed by atoms with Crippen LogP contribution in [0, 0.1) is 0 Å². The second-order valence-electron chi connectivity index (χ2n) is 5.06. The highest BCUT2D eigenvalue weighted by Gasteiger charge is 2.31. The molecule has 0 aromatic carbocycles. The average molecular weight is 315 g/mol. The summed E-state index contributed by atoms with van der Waals surface area (Å²) < 4.78 is 6.76. The number of nitrogens with one attached hydrogen (secondary N) is 2. The lowest BCUT2D eigenvalue weighted by atomic mass is 10.1. The van der Waals surface area contributed by atoms with E-state index in [1.165, 1.54) is 0 Å². The Kier molecular flexibility index (Phi) is 4.07. The van der Waals surface area contributed by atoms with Gasteiger partial charge in [0.25, 0.3) is 0 Å². The van der Waals surface area contributed by atoms with Gasteiger partial charge in [0.15, 0.2) is 0 Å². The van der Waals surface area contributed by atoms with Crippen LogP contribution in [0.15, 0.2) is 10.7 Å². The van der Waals surface area contributed by atoms with E-state index in [4.69, 9.17) is 4.74 Å². The van der Waals surface area contributed by atoms with Crippen molar-refractivity contribution in [2.75, 3.05) is 24.2 Å². The Balaban J connectivity index is 1.91. The summed E-state index contributed by atoms with van der Waals surface area (Å²) >= 11 is 3.38. The van der Waals surface area contributed by atoms with Crippen LogP contribution in [0.5, 0.6) is 0 Å². The van der Waals surface area contributed by atoms with Gasteiger partial charge in [-0.15, -0.1) is 0 Å². The Labute approximate surface area is 116 Å². The van der Waals surface area contributed by atoms with Gasteiger partial charge in [-0.3, -0.25) is 0 Å². The molecule has 100 valence electrons. The van der Waals surface area contributed by atoms with Crippen molar-refractivity contribution in [2.24, 2.45) is 0 Å². The van der Waals surface area contributed by atoms with Crippen molar-refractivity contribution in [1.29, 1.82) is 0 Å². The standard InChI is InChI=1S/C12H19BrN4O/c1-12(2)5-4-8(18-12)6-15-11-16-7-9(13)10(14-3)17-11/h7-8H,4-6H2,1-3H3,(H2,14,15,16,17). The Morgan fingerprint density at radius 2 is 2.33 bits per heavy atom. The van der Waals surface area contributed by atoms with E-state index in [-0.39, 0.29) is 11.7 Å². The molecule has 0 radical (unpaired) electrons. The molecule has 2 rings (SSSR count). The van der Waals surface area contributed by atoms with E-state index in [1.807, 2.05) is 7.05 Å². The van der Waals surface area contributed by atoms with Gasteiger partial charge in [-0.2, -0.15) is 4.98 Å². The van der Waals surface area contributed by atoms with Crippen molar-refractivity contribution in [3.8, 4) is 0 Å². The van der Waals surface area contributed by atoms with Crippen LogP contribution in [0.4, 0.5) is 11.8 Å². The number of anilines is 2. The first-order valence-electron chi connectivity index (χ1n) is 6.12. The summed E-state index contributed by atoms with van der Waals surface area (Å²) in [6.07, 6.45) is 4.16. The maximum absolute atomic E-state index is 5.91. The molecule has 1 aliphatic rings. The van der Waals surface area contributed by atoms with Crippen molar-refractivity contribution in [3.05, 3.63) is 10.7 Å². The third kappa shape index (κ3) is 3.32. The fraction of sp³-hybridized carbons (Fsp3) is 0.667. The van der Waals surface area contributed by atoms with Crippen LogP contribution in [-0.4, -0.2) is 35.3 Å². The number of halogens is 1. The zero-order chi connectivity index (χ0) is 13.2. The smallest absolute Gasteiger partial charge is 0.224 e. The molecular weight excluding hydrogens is 296 g/mol. The molecule has 0 saturated carbocycles. The van der Waals surface area contributed by atoms with Crippen molar-refractivity contribution in [2.45, 2.75) is 38.4 Å². The lowest BCUT2D eigenvalue weighted by Gasteiger charge is -2.19. The van der Waals surface area contributed by atoms with Gasteiger partial charge >= 0.3 is 0 Å². The summed E-state index contributed by atoms with van der Waals surface area (Å²) in [6, 6.07) is 0. The van der Waals surface area contributed by atoms with E-state index < -0.39 is 0 Å².